The van der Waals surface area contributed by atoms with Crippen LogP contribution < -0.4 is 22.6 Å². The van der Waals surface area contributed by atoms with Crippen LogP contribution in [0.5, 0.6) is 0 Å². The molecule has 6 heterocycles. The molecule has 0 bridgehead atoms. The van der Waals surface area contributed by atoms with Gasteiger partial charge in [-0.25, -0.2) is 29.0 Å². The Balaban J connectivity index is 0.000000145. The average molecular weight is 580 g/mol. The fraction of sp³-hybridized carbons (Fsp3) is 0.478. The topological polar surface area (TPSA) is 261 Å². The molecule has 42 heavy (non-hydrogen) atoms. The third-order valence-electron chi connectivity index (χ3n) is 5.62. The molecule has 0 aliphatic carbocycles. The van der Waals surface area contributed by atoms with Gasteiger partial charge in [0.15, 0.2) is 39.3 Å². The van der Waals surface area contributed by atoms with E-state index in [4.69, 9.17) is 11.5 Å². The molecule has 0 radical (unpaired) electrons. The van der Waals surface area contributed by atoms with Gasteiger partial charge in [0, 0.05) is 0 Å². The van der Waals surface area contributed by atoms with Gasteiger partial charge in [0.25, 0.3) is 11.1 Å². The predicted octanol–water partition coefficient (Wildman–Crippen LogP) is 0.506. The first-order valence-electron chi connectivity index (χ1n) is 12.8. The number of nitrogens with one attached hydrogen (secondary N) is 2. The van der Waals surface area contributed by atoms with Gasteiger partial charge in [0.2, 0.25) is 5.95 Å². The minimum absolute atomic E-state index is 0.0697. The van der Waals surface area contributed by atoms with Crippen LogP contribution in [0.3, 0.4) is 0 Å². The van der Waals surface area contributed by atoms with Crippen molar-refractivity contribution in [2.45, 2.75) is 72.5 Å². The van der Waals surface area contributed by atoms with Crippen LogP contribution in [0.1, 0.15) is 61.4 Å². The first kappa shape index (κ1) is 29.6. The summed E-state index contributed by atoms with van der Waals surface area (Å²) in [4.78, 5) is 43.5. The molecule has 0 unspecified atom stereocenters. The largest absolute Gasteiger partial charge is 0.382 e. The summed E-state index contributed by atoms with van der Waals surface area (Å²) in [6.45, 7) is 15.8. The van der Waals surface area contributed by atoms with Crippen molar-refractivity contribution < 1.29 is 0 Å². The lowest BCUT2D eigenvalue weighted by atomic mass is 10.1. The molecular weight excluding hydrogens is 546 g/mol. The van der Waals surface area contributed by atoms with Crippen molar-refractivity contribution in [2.75, 3.05) is 11.5 Å². The second-order valence-electron chi connectivity index (χ2n) is 11.4. The zero-order chi connectivity index (χ0) is 31.0. The van der Waals surface area contributed by atoms with E-state index in [0.29, 0.717) is 28.3 Å². The molecule has 0 aliphatic rings. The monoisotopic (exact) mass is 579 g/mol. The lowest BCUT2D eigenvalue weighted by molar-refractivity contribution is 0.356. The van der Waals surface area contributed by atoms with Gasteiger partial charge < -0.3 is 16.5 Å². The Bertz CT molecular complexity index is 1960. The van der Waals surface area contributed by atoms with Gasteiger partial charge in [-0.15, -0.1) is 15.3 Å². The lowest BCUT2D eigenvalue weighted by Crippen LogP contribution is -2.24. The van der Waals surface area contributed by atoms with Crippen molar-refractivity contribution in [3.63, 3.8) is 0 Å². The lowest BCUT2D eigenvalue weighted by Gasteiger charge is -2.18. The highest BCUT2D eigenvalue weighted by molar-refractivity contribution is 5.80. The second kappa shape index (κ2) is 10.9. The Morgan fingerprint density at radius 1 is 0.738 bits per heavy atom. The summed E-state index contributed by atoms with van der Waals surface area (Å²) in [5, 5.41) is 23.2. The van der Waals surface area contributed by atoms with Crippen molar-refractivity contribution in [3.05, 3.63) is 33.4 Å². The van der Waals surface area contributed by atoms with E-state index in [1.807, 2.05) is 55.4 Å². The number of H-pyrrole nitrogens is 2. The summed E-state index contributed by atoms with van der Waals surface area (Å²) in [6.07, 6.45) is 2.77. The molecule has 222 valence electrons. The number of fused-ring (bicyclic) bond motifs is 3. The quantitative estimate of drug-likeness (QED) is 0.207. The van der Waals surface area contributed by atoms with E-state index in [1.54, 1.807) is 14.0 Å². The van der Waals surface area contributed by atoms with Gasteiger partial charge >= 0.3 is 0 Å². The van der Waals surface area contributed by atoms with E-state index in [1.165, 1.54) is 12.7 Å². The minimum Gasteiger partial charge on any atom is -0.382 e. The van der Waals surface area contributed by atoms with Crippen LogP contribution in [0.2, 0.25) is 0 Å². The smallest absolute Gasteiger partial charge is 0.282 e. The summed E-state index contributed by atoms with van der Waals surface area (Å²) in [5.41, 5.74) is 12.7. The zero-order valence-corrected chi connectivity index (χ0v) is 24.5. The first-order chi connectivity index (χ1) is 19.6. The van der Waals surface area contributed by atoms with Crippen LogP contribution in [-0.4, -0.2) is 74.9 Å². The number of hydrogen-bond acceptors (Lipinski definition) is 14. The highest BCUT2D eigenvalue weighted by Crippen LogP contribution is 2.20. The SMILES string of the molecule is CC(C)(C)n1nnc2c(=O)[nH]c(N)nc21.CC(C)(C)n1nnc2c(N)ncnc21.CC(C)n1nnc2c(=O)[nH]cnc21. The van der Waals surface area contributed by atoms with Crippen LogP contribution >= 0.6 is 0 Å². The maximum atomic E-state index is 11.4. The third-order valence-corrected chi connectivity index (χ3v) is 5.62. The summed E-state index contributed by atoms with van der Waals surface area (Å²) in [6, 6.07) is 0.152. The van der Waals surface area contributed by atoms with Gasteiger partial charge in [-0.1, -0.05) is 15.6 Å². The summed E-state index contributed by atoms with van der Waals surface area (Å²) in [7, 11) is 0. The Kier molecular flexibility index (Phi) is 7.69. The van der Waals surface area contributed by atoms with Crippen molar-refractivity contribution in [2.24, 2.45) is 0 Å². The van der Waals surface area contributed by atoms with Crippen LogP contribution in [0, 0.1) is 0 Å². The summed E-state index contributed by atoms with van der Waals surface area (Å²) < 4.78 is 4.93. The molecule has 0 aliphatic heterocycles. The van der Waals surface area contributed by atoms with E-state index in [2.05, 4.69) is 60.8 Å². The predicted molar refractivity (Wildman–Crippen MR) is 154 cm³/mol. The third kappa shape index (κ3) is 5.88. The van der Waals surface area contributed by atoms with Crippen LogP contribution in [0.4, 0.5) is 11.8 Å². The first-order valence-corrected chi connectivity index (χ1v) is 12.8. The molecule has 0 aromatic carbocycles. The summed E-state index contributed by atoms with van der Waals surface area (Å²) >= 11 is 0. The Hall–Kier alpha value is -5.36. The molecule has 0 fully saturated rings. The normalized spacial score (nSPS) is 11.9. The van der Waals surface area contributed by atoms with Crippen molar-refractivity contribution in [1.82, 2.24) is 74.9 Å². The molecule has 19 heteroatoms. The molecule has 0 amide bonds. The number of aromatic nitrogens is 15. The molecule has 6 aromatic heterocycles. The van der Waals surface area contributed by atoms with Crippen molar-refractivity contribution in [3.8, 4) is 0 Å². The number of aromatic amines is 2. The zero-order valence-electron chi connectivity index (χ0n) is 24.5. The average Bonchev–Trinajstić information content (AvgIpc) is 3.61. The Morgan fingerprint density at radius 2 is 1.31 bits per heavy atom. The highest BCUT2D eigenvalue weighted by Gasteiger charge is 2.21. The molecule has 19 nitrogen and oxygen atoms in total. The van der Waals surface area contributed by atoms with E-state index in [0.717, 1.165) is 0 Å². The molecule has 6 aromatic rings. The Morgan fingerprint density at radius 3 is 1.93 bits per heavy atom. The van der Waals surface area contributed by atoms with Gasteiger partial charge in [-0.2, -0.15) is 4.98 Å². The number of nitrogens with two attached hydrogens (primary N) is 2. The molecule has 0 saturated carbocycles. The number of nitrogen functional groups attached to an aromatic ring is 2. The van der Waals surface area contributed by atoms with Crippen molar-refractivity contribution in [1.29, 1.82) is 0 Å². The second-order valence-corrected chi connectivity index (χ2v) is 11.4. The number of nitrogens with zero attached hydrogens (tertiary/aromatic N) is 13. The van der Waals surface area contributed by atoms with Crippen LogP contribution in [0.25, 0.3) is 33.5 Å². The van der Waals surface area contributed by atoms with E-state index in [9.17, 15) is 9.59 Å². The number of hydrogen-bond donors (Lipinski definition) is 4. The maximum absolute atomic E-state index is 11.4. The molecule has 0 spiro atoms. The van der Waals surface area contributed by atoms with Crippen LogP contribution in [-0.2, 0) is 11.1 Å². The molecule has 0 saturated heterocycles. The Labute approximate surface area is 237 Å². The molecule has 6 N–H and O–H groups in total. The van der Waals surface area contributed by atoms with E-state index in [-0.39, 0.29) is 45.2 Å². The van der Waals surface area contributed by atoms with Crippen LogP contribution in [0.15, 0.2) is 22.2 Å². The van der Waals surface area contributed by atoms with Gasteiger partial charge in [-0.3, -0.25) is 14.6 Å². The van der Waals surface area contributed by atoms with Gasteiger partial charge in [-0.05, 0) is 55.4 Å². The fourth-order valence-electron chi connectivity index (χ4n) is 3.63. The van der Waals surface area contributed by atoms with E-state index >= 15 is 0 Å². The van der Waals surface area contributed by atoms with Crippen molar-refractivity contribution >= 4 is 45.3 Å². The van der Waals surface area contributed by atoms with Gasteiger partial charge in [0.05, 0.1) is 23.4 Å². The standard InChI is InChI=1S/C8H12N6O.C8H12N6.C7H9N5O/c1-8(2,3)14-5-4(12-13-14)6(15)11-7(9)10-5;1-8(2,3)14-7-5(12-13-14)6(9)10-4-11-7;1-4(2)12-6-5(10-11-12)7(13)9-3-8-6/h1-3H3,(H3,9,10,11,15);4H,1-3H3,(H2,9,10,11);3-4H,1-2H3,(H,8,9,13). The molecule has 6 rings (SSSR count). The minimum atomic E-state index is -0.368. The highest BCUT2D eigenvalue weighted by atomic mass is 16.1. The summed E-state index contributed by atoms with van der Waals surface area (Å²) in [5.74, 6) is 0.436. The molecular formula is C23H33N17O2. The maximum Gasteiger partial charge on any atom is 0.282 e. The fourth-order valence-corrected chi connectivity index (χ4v) is 3.63. The van der Waals surface area contributed by atoms with Gasteiger partial charge in [0.1, 0.15) is 6.33 Å². The number of anilines is 2. The number of rotatable bonds is 1. The molecule has 0 atom stereocenters. The van der Waals surface area contributed by atoms with E-state index < -0.39 is 0 Å².